The highest BCUT2D eigenvalue weighted by Gasteiger charge is 2.16. The Morgan fingerprint density at radius 1 is 1.22 bits per heavy atom. The molecule has 1 amide bonds. The van der Waals surface area contributed by atoms with Gasteiger partial charge in [-0.25, -0.2) is 13.8 Å². The Kier molecular flexibility index (Phi) is 4.47. The van der Waals surface area contributed by atoms with Crippen molar-refractivity contribution in [3.05, 3.63) is 64.9 Å². The van der Waals surface area contributed by atoms with E-state index in [9.17, 15) is 13.6 Å². The van der Waals surface area contributed by atoms with Crippen molar-refractivity contribution < 1.29 is 13.6 Å². The topological polar surface area (TPSA) is 57.8 Å². The van der Waals surface area contributed by atoms with E-state index in [1.54, 1.807) is 17.5 Å². The van der Waals surface area contributed by atoms with E-state index in [2.05, 4.69) is 15.3 Å². The lowest BCUT2D eigenvalue weighted by Crippen LogP contribution is -2.27. The molecule has 1 aromatic carbocycles. The van der Waals surface area contributed by atoms with Crippen molar-refractivity contribution in [1.29, 1.82) is 0 Å². The number of carbonyl (C=O) groups is 1. The molecule has 0 unspecified atom stereocenters. The number of benzene rings is 1. The molecule has 0 aliphatic heterocycles. The lowest BCUT2D eigenvalue weighted by atomic mass is 10.2. The number of nitrogens with zero attached hydrogens (tertiary/aromatic N) is 1. The van der Waals surface area contributed by atoms with Crippen LogP contribution in [-0.4, -0.2) is 22.4 Å². The Labute approximate surface area is 135 Å². The number of thiophene rings is 1. The summed E-state index contributed by atoms with van der Waals surface area (Å²) >= 11 is 1.59. The van der Waals surface area contributed by atoms with Gasteiger partial charge in [-0.1, -0.05) is 12.1 Å². The van der Waals surface area contributed by atoms with Gasteiger partial charge < -0.3 is 10.3 Å². The van der Waals surface area contributed by atoms with Gasteiger partial charge in [0, 0.05) is 13.0 Å². The van der Waals surface area contributed by atoms with Gasteiger partial charge in [0.05, 0.1) is 16.8 Å². The Bertz CT molecular complexity index is 794. The smallest absolute Gasteiger partial charge is 0.257 e. The van der Waals surface area contributed by atoms with Gasteiger partial charge in [-0.2, -0.15) is 0 Å². The molecule has 3 aromatic rings. The second kappa shape index (κ2) is 6.70. The minimum Gasteiger partial charge on any atom is -0.351 e. The first-order valence-electron chi connectivity index (χ1n) is 6.95. The van der Waals surface area contributed by atoms with Crippen LogP contribution >= 0.6 is 11.3 Å². The maximum Gasteiger partial charge on any atom is 0.257 e. The maximum atomic E-state index is 13.5. The van der Waals surface area contributed by atoms with E-state index in [0.29, 0.717) is 12.2 Å². The van der Waals surface area contributed by atoms with Crippen LogP contribution in [0.25, 0.3) is 10.6 Å². The number of amides is 1. The van der Waals surface area contributed by atoms with Crippen LogP contribution in [0.15, 0.2) is 41.9 Å². The number of aromatic nitrogens is 2. The number of imidazole rings is 1. The third kappa shape index (κ3) is 3.45. The first-order valence-corrected chi connectivity index (χ1v) is 7.83. The molecule has 2 N–H and O–H groups in total. The van der Waals surface area contributed by atoms with Gasteiger partial charge in [0.25, 0.3) is 5.91 Å². The van der Waals surface area contributed by atoms with Crippen molar-refractivity contribution in [2.45, 2.75) is 6.42 Å². The molecule has 4 nitrogen and oxygen atoms in total. The van der Waals surface area contributed by atoms with E-state index in [1.807, 2.05) is 17.5 Å². The summed E-state index contributed by atoms with van der Waals surface area (Å²) in [5.41, 5.74) is 0.340. The zero-order valence-corrected chi connectivity index (χ0v) is 12.8. The molecule has 0 aliphatic carbocycles. The van der Waals surface area contributed by atoms with Crippen LogP contribution < -0.4 is 5.32 Å². The fourth-order valence-corrected chi connectivity index (χ4v) is 2.84. The summed E-state index contributed by atoms with van der Waals surface area (Å²) in [6, 6.07) is 7.25. The molecule has 2 heterocycles. The van der Waals surface area contributed by atoms with Gasteiger partial charge in [0.1, 0.15) is 23.0 Å². The number of rotatable bonds is 5. The summed E-state index contributed by atoms with van der Waals surface area (Å²) in [5, 5.41) is 4.47. The van der Waals surface area contributed by atoms with E-state index in [1.165, 1.54) is 6.07 Å². The van der Waals surface area contributed by atoms with Gasteiger partial charge in [-0.3, -0.25) is 4.79 Å². The van der Waals surface area contributed by atoms with Crippen molar-refractivity contribution in [1.82, 2.24) is 15.3 Å². The predicted octanol–water partition coefficient (Wildman–Crippen LogP) is 3.39. The second-order valence-electron chi connectivity index (χ2n) is 4.82. The van der Waals surface area contributed by atoms with Crippen LogP contribution in [0.2, 0.25) is 0 Å². The van der Waals surface area contributed by atoms with Crippen LogP contribution in [-0.2, 0) is 6.42 Å². The lowest BCUT2D eigenvalue weighted by molar-refractivity contribution is 0.0945. The third-order valence-corrected chi connectivity index (χ3v) is 4.16. The minimum atomic E-state index is -0.875. The van der Waals surface area contributed by atoms with E-state index in [0.717, 1.165) is 22.7 Å². The van der Waals surface area contributed by atoms with E-state index in [4.69, 9.17) is 0 Å². The lowest BCUT2D eigenvalue weighted by Gasteiger charge is -2.06. The van der Waals surface area contributed by atoms with Crippen molar-refractivity contribution in [3.8, 4) is 10.6 Å². The van der Waals surface area contributed by atoms with Crippen LogP contribution in [0.3, 0.4) is 0 Å². The van der Waals surface area contributed by atoms with Gasteiger partial charge in [0.2, 0.25) is 0 Å². The molecule has 0 saturated carbocycles. The maximum absolute atomic E-state index is 13.5. The molecule has 118 valence electrons. The highest BCUT2D eigenvalue weighted by molar-refractivity contribution is 7.13. The van der Waals surface area contributed by atoms with Gasteiger partial charge in [0.15, 0.2) is 0 Å². The summed E-state index contributed by atoms with van der Waals surface area (Å²) in [6.07, 6.45) is 2.16. The fourth-order valence-electron chi connectivity index (χ4n) is 2.14. The fraction of sp³-hybridized carbons (Fsp3) is 0.125. The van der Waals surface area contributed by atoms with Crippen LogP contribution in [0, 0.1) is 11.6 Å². The van der Waals surface area contributed by atoms with Crippen molar-refractivity contribution >= 4 is 17.2 Å². The number of hydrogen-bond donors (Lipinski definition) is 2. The van der Waals surface area contributed by atoms with Crippen molar-refractivity contribution in [2.75, 3.05) is 6.54 Å². The number of carbonyl (C=O) groups excluding carboxylic acids is 1. The number of aromatic amines is 1. The number of H-pyrrole nitrogens is 1. The summed E-state index contributed by atoms with van der Waals surface area (Å²) in [7, 11) is 0. The zero-order chi connectivity index (χ0) is 16.2. The molecule has 0 spiro atoms. The first kappa shape index (κ1) is 15.4. The standard InChI is InChI=1S/C16H13F2N3OS/c17-10-3-1-4-11(18)15(10)16(22)19-7-6-14-20-9-12(21-14)13-5-2-8-23-13/h1-5,8-9H,6-7H2,(H,19,22)(H,20,21). The van der Waals surface area contributed by atoms with Crippen molar-refractivity contribution in [2.24, 2.45) is 0 Å². The Hall–Kier alpha value is -2.54. The van der Waals surface area contributed by atoms with Crippen LogP contribution in [0.5, 0.6) is 0 Å². The molecule has 0 aliphatic rings. The van der Waals surface area contributed by atoms with Gasteiger partial charge in [-0.15, -0.1) is 11.3 Å². The molecular formula is C16H13F2N3OS. The molecular weight excluding hydrogens is 320 g/mol. The summed E-state index contributed by atoms with van der Waals surface area (Å²) < 4.78 is 27.0. The zero-order valence-electron chi connectivity index (χ0n) is 12.0. The van der Waals surface area contributed by atoms with Gasteiger partial charge >= 0.3 is 0 Å². The van der Waals surface area contributed by atoms with Gasteiger partial charge in [-0.05, 0) is 23.6 Å². The SMILES string of the molecule is O=C(NCCc1ncc(-c2cccs2)[nH]1)c1c(F)cccc1F. The normalized spacial score (nSPS) is 10.7. The number of nitrogens with one attached hydrogen (secondary N) is 2. The molecule has 0 saturated heterocycles. The molecule has 0 atom stereocenters. The van der Waals surface area contributed by atoms with Crippen molar-refractivity contribution in [3.63, 3.8) is 0 Å². The molecule has 2 aromatic heterocycles. The number of hydrogen-bond acceptors (Lipinski definition) is 3. The monoisotopic (exact) mass is 333 g/mol. The Morgan fingerprint density at radius 2 is 2.00 bits per heavy atom. The molecule has 7 heteroatoms. The largest absolute Gasteiger partial charge is 0.351 e. The quantitative estimate of drug-likeness (QED) is 0.752. The molecule has 0 bridgehead atoms. The second-order valence-corrected chi connectivity index (χ2v) is 5.77. The first-order chi connectivity index (χ1) is 11.1. The van der Waals surface area contributed by atoms with E-state index >= 15 is 0 Å². The highest BCUT2D eigenvalue weighted by atomic mass is 32.1. The summed E-state index contributed by atoms with van der Waals surface area (Å²) in [5.74, 6) is -1.82. The number of halogens is 2. The Balaban J connectivity index is 1.58. The summed E-state index contributed by atoms with van der Waals surface area (Å²) in [6.45, 7) is 0.226. The van der Waals surface area contributed by atoms with E-state index < -0.39 is 23.1 Å². The molecule has 0 fully saturated rings. The Morgan fingerprint density at radius 3 is 2.70 bits per heavy atom. The molecule has 0 radical (unpaired) electrons. The van der Waals surface area contributed by atoms with Crippen LogP contribution in [0.1, 0.15) is 16.2 Å². The van der Waals surface area contributed by atoms with E-state index in [-0.39, 0.29) is 6.54 Å². The summed E-state index contributed by atoms with van der Waals surface area (Å²) in [4.78, 5) is 20.3. The third-order valence-electron chi connectivity index (χ3n) is 3.25. The van der Waals surface area contributed by atoms with Crippen LogP contribution in [0.4, 0.5) is 8.78 Å². The highest BCUT2D eigenvalue weighted by Crippen LogP contribution is 2.22. The average molecular weight is 333 g/mol. The molecule has 23 heavy (non-hydrogen) atoms. The minimum absolute atomic E-state index is 0.226. The predicted molar refractivity (Wildman–Crippen MR) is 84.3 cm³/mol. The molecule has 3 rings (SSSR count). The average Bonchev–Trinajstić information content (AvgIpc) is 3.18.